The lowest BCUT2D eigenvalue weighted by atomic mass is 10.2. The van der Waals surface area contributed by atoms with Crippen LogP contribution in [0.2, 0.25) is 0 Å². The molecule has 1 atom stereocenters. The lowest BCUT2D eigenvalue weighted by Gasteiger charge is -2.08. The summed E-state index contributed by atoms with van der Waals surface area (Å²) in [4.78, 5) is 15.2. The number of carbonyl (C=O) groups is 1. The maximum atomic E-state index is 13.8. The number of nitrogens with one attached hydrogen (secondary N) is 1. The Labute approximate surface area is 147 Å². The molecule has 1 aromatic heterocycles. The van der Waals surface area contributed by atoms with Crippen molar-refractivity contribution >= 4 is 27.3 Å². The van der Waals surface area contributed by atoms with E-state index in [-0.39, 0.29) is 18.1 Å². The number of sulfonamides is 1. The first-order valence-corrected chi connectivity index (χ1v) is 9.48. The zero-order valence-electron chi connectivity index (χ0n) is 13.7. The second kappa shape index (κ2) is 7.54. The third-order valence-electron chi connectivity index (χ3n) is 3.36. The maximum absolute atomic E-state index is 13.8. The predicted molar refractivity (Wildman–Crippen MR) is 87.7 cm³/mol. The molecule has 0 saturated heterocycles. The lowest BCUT2D eigenvalue weighted by molar-refractivity contribution is -0.118. The van der Waals surface area contributed by atoms with Gasteiger partial charge in [-0.05, 0) is 31.5 Å². The fourth-order valence-electron chi connectivity index (χ4n) is 1.93. The smallest absolute Gasteiger partial charge is 0.267 e. The summed E-state index contributed by atoms with van der Waals surface area (Å²) in [6.45, 7) is 3.08. The molecule has 2 rings (SSSR count). The van der Waals surface area contributed by atoms with Crippen LogP contribution < -0.4 is 4.72 Å². The number of amides is 1. The van der Waals surface area contributed by atoms with Crippen LogP contribution in [0.3, 0.4) is 0 Å². The number of thiazole rings is 1. The molecule has 6 nitrogen and oxygen atoms in total. The van der Waals surface area contributed by atoms with E-state index in [0.29, 0.717) is 16.8 Å². The number of nitrogens with zero attached hydrogens (tertiary/aromatic N) is 1. The summed E-state index contributed by atoms with van der Waals surface area (Å²) in [5.41, 5.74) is 0.317. The first kappa shape index (κ1) is 19.4. The average molecular weight is 390 g/mol. The van der Waals surface area contributed by atoms with Crippen molar-refractivity contribution in [3.05, 3.63) is 45.4 Å². The SMILES string of the molecule is CO[C@H](C)c1nc(CC(=O)NS(=O)(=O)c2cc(F)c(C)cc2F)cs1. The number of hydrogen-bond acceptors (Lipinski definition) is 6. The third kappa shape index (κ3) is 4.59. The molecule has 0 spiro atoms. The Hall–Kier alpha value is -1.91. The van der Waals surface area contributed by atoms with Crippen LogP contribution in [-0.4, -0.2) is 26.4 Å². The van der Waals surface area contributed by atoms with Gasteiger partial charge in [0.15, 0.2) is 0 Å². The molecule has 1 heterocycles. The van der Waals surface area contributed by atoms with Crippen molar-refractivity contribution < 1.29 is 26.7 Å². The molecule has 1 aromatic carbocycles. The minimum Gasteiger partial charge on any atom is -0.375 e. The van der Waals surface area contributed by atoms with Crippen LogP contribution in [0.4, 0.5) is 8.78 Å². The molecule has 1 N–H and O–H groups in total. The molecule has 0 fully saturated rings. The Kier molecular flexibility index (Phi) is 5.86. The number of aryl methyl sites for hydroxylation is 1. The monoisotopic (exact) mass is 390 g/mol. The van der Waals surface area contributed by atoms with Crippen LogP contribution in [0.5, 0.6) is 0 Å². The second-order valence-corrected chi connectivity index (χ2v) is 7.83. The molecule has 25 heavy (non-hydrogen) atoms. The van der Waals surface area contributed by atoms with E-state index in [1.165, 1.54) is 25.4 Å². The molecule has 0 unspecified atom stereocenters. The van der Waals surface area contributed by atoms with Gasteiger partial charge in [0, 0.05) is 12.5 Å². The van der Waals surface area contributed by atoms with Crippen LogP contribution in [0.15, 0.2) is 22.4 Å². The van der Waals surface area contributed by atoms with Gasteiger partial charge in [0.2, 0.25) is 5.91 Å². The van der Waals surface area contributed by atoms with Crippen molar-refractivity contribution in [1.82, 2.24) is 9.71 Å². The summed E-state index contributed by atoms with van der Waals surface area (Å²) in [6.07, 6.45) is -0.572. The van der Waals surface area contributed by atoms with Crippen molar-refractivity contribution in [2.75, 3.05) is 7.11 Å². The van der Waals surface area contributed by atoms with Gasteiger partial charge in [-0.2, -0.15) is 0 Å². The lowest BCUT2D eigenvalue weighted by Crippen LogP contribution is -2.32. The van der Waals surface area contributed by atoms with Gasteiger partial charge in [0.05, 0.1) is 12.1 Å². The van der Waals surface area contributed by atoms with Gasteiger partial charge in [0.25, 0.3) is 10.0 Å². The van der Waals surface area contributed by atoms with Gasteiger partial charge in [-0.1, -0.05) is 0 Å². The topological polar surface area (TPSA) is 85.4 Å². The van der Waals surface area contributed by atoms with E-state index in [2.05, 4.69) is 4.98 Å². The van der Waals surface area contributed by atoms with Crippen molar-refractivity contribution in [2.45, 2.75) is 31.3 Å². The van der Waals surface area contributed by atoms with E-state index >= 15 is 0 Å². The van der Waals surface area contributed by atoms with E-state index in [0.717, 1.165) is 6.07 Å². The summed E-state index contributed by atoms with van der Waals surface area (Å²) < 4.78 is 58.4. The Morgan fingerprint density at radius 2 is 2.04 bits per heavy atom. The molecule has 0 radical (unpaired) electrons. The van der Waals surface area contributed by atoms with Crippen molar-refractivity contribution in [3.63, 3.8) is 0 Å². The summed E-state index contributed by atoms with van der Waals surface area (Å²) in [7, 11) is -3.01. The van der Waals surface area contributed by atoms with Crippen LogP contribution >= 0.6 is 11.3 Å². The maximum Gasteiger partial charge on any atom is 0.267 e. The van der Waals surface area contributed by atoms with E-state index < -0.39 is 32.5 Å². The van der Waals surface area contributed by atoms with Gasteiger partial charge in [0.1, 0.15) is 27.6 Å². The largest absolute Gasteiger partial charge is 0.375 e. The highest BCUT2D eigenvalue weighted by Gasteiger charge is 2.24. The number of hydrogen-bond donors (Lipinski definition) is 1. The van der Waals surface area contributed by atoms with Gasteiger partial charge in [-0.15, -0.1) is 11.3 Å². The van der Waals surface area contributed by atoms with Crippen LogP contribution in [0.25, 0.3) is 0 Å². The fraction of sp³-hybridized carbons (Fsp3) is 0.333. The molecule has 2 aromatic rings. The van der Waals surface area contributed by atoms with Gasteiger partial charge in [-0.25, -0.2) is 26.9 Å². The van der Waals surface area contributed by atoms with Crippen molar-refractivity contribution in [3.8, 4) is 0 Å². The Bertz CT molecular complexity index is 897. The first-order valence-electron chi connectivity index (χ1n) is 7.12. The molecule has 0 aliphatic carbocycles. The quantitative estimate of drug-likeness (QED) is 0.819. The van der Waals surface area contributed by atoms with E-state index in [1.807, 2.05) is 0 Å². The zero-order chi connectivity index (χ0) is 18.8. The minimum atomic E-state index is -4.53. The highest BCUT2D eigenvalue weighted by atomic mass is 32.2. The molecule has 0 saturated carbocycles. The number of methoxy groups -OCH3 is 1. The number of aromatic nitrogens is 1. The minimum absolute atomic E-state index is 0.0370. The van der Waals surface area contributed by atoms with Gasteiger partial charge >= 0.3 is 0 Å². The summed E-state index contributed by atoms with van der Waals surface area (Å²) in [5.74, 6) is -2.92. The summed E-state index contributed by atoms with van der Waals surface area (Å²) in [5, 5.41) is 2.24. The summed E-state index contributed by atoms with van der Waals surface area (Å²) in [6, 6.07) is 1.30. The Balaban J connectivity index is 2.14. The second-order valence-electron chi connectivity index (χ2n) is 5.29. The van der Waals surface area contributed by atoms with Gasteiger partial charge in [-0.3, -0.25) is 4.79 Å². The van der Waals surface area contributed by atoms with E-state index in [1.54, 1.807) is 17.0 Å². The van der Waals surface area contributed by atoms with Crippen LogP contribution in [0, 0.1) is 18.6 Å². The Morgan fingerprint density at radius 1 is 1.36 bits per heavy atom. The molecule has 10 heteroatoms. The number of halogens is 2. The van der Waals surface area contributed by atoms with E-state index in [4.69, 9.17) is 4.74 Å². The predicted octanol–water partition coefficient (Wildman–Crippen LogP) is 2.48. The number of ether oxygens (including phenoxy) is 1. The number of carbonyl (C=O) groups excluding carboxylic acids is 1. The van der Waals surface area contributed by atoms with Gasteiger partial charge < -0.3 is 4.74 Å². The molecule has 136 valence electrons. The molecular weight excluding hydrogens is 374 g/mol. The van der Waals surface area contributed by atoms with Crippen LogP contribution in [0.1, 0.15) is 29.3 Å². The molecule has 1 amide bonds. The summed E-state index contributed by atoms with van der Waals surface area (Å²) >= 11 is 1.27. The molecule has 0 bridgehead atoms. The molecule has 0 aliphatic heterocycles. The standard InChI is InChI=1S/C15H16F2N2O4S2/c1-8-4-12(17)13(6-11(8)16)25(21,22)19-14(20)5-10-7-24-15(18-10)9(2)23-3/h4,6-7,9H,5H2,1-3H3,(H,19,20)/t9-/m1/s1. The zero-order valence-corrected chi connectivity index (χ0v) is 15.3. The molecule has 0 aliphatic rings. The third-order valence-corrected chi connectivity index (χ3v) is 5.81. The van der Waals surface area contributed by atoms with Crippen LogP contribution in [-0.2, 0) is 26.0 Å². The fourth-order valence-corrected chi connectivity index (χ4v) is 3.84. The van der Waals surface area contributed by atoms with Crippen molar-refractivity contribution in [2.24, 2.45) is 0 Å². The normalized spacial score (nSPS) is 12.8. The number of benzene rings is 1. The molecular formula is C15H16F2N2O4S2. The van der Waals surface area contributed by atoms with Crippen molar-refractivity contribution in [1.29, 1.82) is 0 Å². The average Bonchev–Trinajstić information content (AvgIpc) is 2.97. The number of rotatable bonds is 6. The first-order chi connectivity index (χ1) is 11.6. The highest BCUT2D eigenvalue weighted by Crippen LogP contribution is 2.21. The van der Waals surface area contributed by atoms with E-state index in [9.17, 15) is 22.0 Å². The Morgan fingerprint density at radius 3 is 2.68 bits per heavy atom. The highest BCUT2D eigenvalue weighted by molar-refractivity contribution is 7.90.